The van der Waals surface area contributed by atoms with Gasteiger partial charge in [0, 0.05) is 34.0 Å². The number of ether oxygens (including phenoxy) is 1. The zero-order valence-electron chi connectivity index (χ0n) is 22.7. The van der Waals surface area contributed by atoms with E-state index in [-0.39, 0.29) is 11.3 Å². The molecule has 5 atom stereocenters. The first kappa shape index (κ1) is 27.4. The van der Waals surface area contributed by atoms with Crippen LogP contribution < -0.4 is 14.4 Å². The van der Waals surface area contributed by atoms with Crippen LogP contribution in [0.5, 0.6) is 5.75 Å². The molecule has 212 valence electrons. The first-order chi connectivity index (χ1) is 19.1. The van der Waals surface area contributed by atoms with Crippen molar-refractivity contribution in [2.75, 3.05) is 24.6 Å². The molecule has 40 heavy (non-hydrogen) atoms. The molecule has 6 nitrogen and oxygen atoms in total. The number of carbonyl (C=O) groups is 1. The van der Waals surface area contributed by atoms with E-state index in [4.69, 9.17) is 16.3 Å². The molecule has 2 heterocycles. The van der Waals surface area contributed by atoms with Crippen molar-refractivity contribution in [1.29, 1.82) is 0 Å². The van der Waals surface area contributed by atoms with Crippen molar-refractivity contribution in [3.8, 4) is 5.75 Å². The van der Waals surface area contributed by atoms with E-state index >= 15 is 0 Å². The Kier molecular flexibility index (Phi) is 7.26. The van der Waals surface area contributed by atoms with Crippen LogP contribution in [0.25, 0.3) is 0 Å². The normalized spacial score (nSPS) is 33.0. The largest absolute Gasteiger partial charge is 0.490 e. The number of aliphatic hydroxyl groups is 1. The zero-order chi connectivity index (χ0) is 28.1. The average molecular weight is 581 g/mol. The lowest BCUT2D eigenvalue weighted by atomic mass is 9.68. The number of aliphatic hydroxyl groups excluding tert-OH is 1. The number of allylic oxidation sites excluding steroid dienone is 2. The average Bonchev–Trinajstić information content (AvgIpc) is 3.05. The maximum Gasteiger partial charge on any atom is 0.262 e. The van der Waals surface area contributed by atoms with E-state index in [1.165, 1.54) is 11.1 Å². The highest BCUT2D eigenvalue weighted by molar-refractivity contribution is 8.02. The molecule has 1 spiro atoms. The number of halogens is 1. The molecule has 0 radical (unpaired) electrons. The minimum Gasteiger partial charge on any atom is -0.490 e. The fourth-order valence-electron chi connectivity index (χ4n) is 6.88. The van der Waals surface area contributed by atoms with Gasteiger partial charge in [-0.25, -0.2) is 4.21 Å². The Hall–Kier alpha value is -2.74. The third-order valence-electron chi connectivity index (χ3n) is 9.32. The molecule has 8 heteroatoms. The van der Waals surface area contributed by atoms with Gasteiger partial charge in [0.1, 0.15) is 5.75 Å². The van der Waals surface area contributed by atoms with Gasteiger partial charge in [-0.05, 0) is 104 Å². The molecule has 2 aromatic rings. The molecule has 2 N–H and O–H groups in total. The third kappa shape index (κ3) is 5.08. The van der Waals surface area contributed by atoms with Crippen LogP contribution in [0, 0.1) is 11.8 Å². The van der Waals surface area contributed by atoms with Crippen molar-refractivity contribution in [3.05, 3.63) is 81.7 Å². The minimum absolute atomic E-state index is 0.164. The first-order valence-corrected chi connectivity index (χ1v) is 16.3. The summed E-state index contributed by atoms with van der Waals surface area (Å²) in [5, 5.41) is 11.8. The third-order valence-corrected chi connectivity index (χ3v) is 11.2. The number of carbonyl (C=O) groups excluding carboxylic acids is 1. The molecule has 1 saturated carbocycles. The van der Waals surface area contributed by atoms with Crippen LogP contribution >= 0.6 is 11.6 Å². The lowest BCUT2D eigenvalue weighted by molar-refractivity contribution is 0.0456. The summed E-state index contributed by atoms with van der Waals surface area (Å²) >= 11 is 6.38. The topological polar surface area (TPSA) is 78.9 Å². The number of aryl methyl sites for hydroxylation is 1. The predicted molar refractivity (Wildman–Crippen MR) is 163 cm³/mol. The van der Waals surface area contributed by atoms with Crippen molar-refractivity contribution in [2.24, 2.45) is 11.8 Å². The second-order valence-corrected chi connectivity index (χ2v) is 14.5. The lowest BCUT2D eigenvalue weighted by Gasteiger charge is -2.45. The van der Waals surface area contributed by atoms with Crippen LogP contribution in [0.2, 0.25) is 5.02 Å². The highest BCUT2D eigenvalue weighted by Gasteiger charge is 2.44. The van der Waals surface area contributed by atoms with E-state index in [9.17, 15) is 14.1 Å². The molecule has 1 unspecified atom stereocenters. The second kappa shape index (κ2) is 10.6. The summed E-state index contributed by atoms with van der Waals surface area (Å²) in [6, 6.07) is 11.6. The fourth-order valence-corrected chi connectivity index (χ4v) is 8.08. The van der Waals surface area contributed by atoms with Gasteiger partial charge in [0.25, 0.3) is 5.91 Å². The summed E-state index contributed by atoms with van der Waals surface area (Å²) in [4.78, 5) is 16.1. The Morgan fingerprint density at radius 2 is 2.02 bits per heavy atom. The van der Waals surface area contributed by atoms with Gasteiger partial charge in [0.05, 0.1) is 28.1 Å². The highest BCUT2D eigenvalue weighted by Crippen LogP contribution is 2.46. The van der Waals surface area contributed by atoms with Gasteiger partial charge in [-0.2, -0.15) is 0 Å². The molecule has 1 amide bonds. The van der Waals surface area contributed by atoms with Gasteiger partial charge < -0.3 is 14.7 Å². The summed E-state index contributed by atoms with van der Waals surface area (Å²) in [6.07, 6.45) is 9.29. The lowest BCUT2D eigenvalue weighted by Crippen LogP contribution is -2.49. The highest BCUT2D eigenvalue weighted by atomic mass is 35.5. The summed E-state index contributed by atoms with van der Waals surface area (Å²) in [5.74, 6) is 4.55. The van der Waals surface area contributed by atoms with Crippen LogP contribution in [0.4, 0.5) is 5.69 Å². The molecule has 1 fully saturated rings. The number of nitrogens with one attached hydrogen (secondary N) is 1. The number of amides is 1. The summed E-state index contributed by atoms with van der Waals surface area (Å²) in [6.45, 7) is 5.96. The molecule has 4 aliphatic rings. The van der Waals surface area contributed by atoms with E-state index in [2.05, 4.69) is 34.2 Å². The Balaban J connectivity index is 1.43. The molecule has 0 saturated heterocycles. The van der Waals surface area contributed by atoms with Crippen molar-refractivity contribution in [2.45, 2.75) is 56.5 Å². The smallest absolute Gasteiger partial charge is 0.262 e. The summed E-state index contributed by atoms with van der Waals surface area (Å²) in [7, 11) is -3.06. The molecular formula is C32H37ClN2O4S. The van der Waals surface area contributed by atoms with Gasteiger partial charge in [-0.3, -0.25) is 9.52 Å². The van der Waals surface area contributed by atoms with Crippen LogP contribution in [0.1, 0.15) is 60.0 Å². The van der Waals surface area contributed by atoms with Crippen molar-refractivity contribution in [3.63, 3.8) is 0 Å². The number of anilines is 1. The molecule has 2 aliphatic heterocycles. The van der Waals surface area contributed by atoms with E-state index in [1.807, 2.05) is 30.4 Å². The van der Waals surface area contributed by atoms with Crippen molar-refractivity contribution >= 4 is 38.8 Å². The maximum absolute atomic E-state index is 13.3. The quantitative estimate of drug-likeness (QED) is 0.321. The number of nitrogens with zero attached hydrogens (tertiary/aromatic N) is 1. The van der Waals surface area contributed by atoms with Crippen LogP contribution in [0.15, 0.2) is 60.0 Å². The first-order valence-electron chi connectivity index (χ1n) is 14.2. The Morgan fingerprint density at radius 3 is 2.83 bits per heavy atom. The van der Waals surface area contributed by atoms with E-state index in [1.54, 1.807) is 6.07 Å². The van der Waals surface area contributed by atoms with Gasteiger partial charge in [-0.15, -0.1) is 0 Å². The number of hydrogen-bond donors (Lipinski definition) is 2. The number of benzene rings is 2. The zero-order valence-corrected chi connectivity index (χ0v) is 24.3. The van der Waals surface area contributed by atoms with Gasteiger partial charge in [0.2, 0.25) is 0 Å². The van der Waals surface area contributed by atoms with Crippen LogP contribution in [-0.2, 0) is 21.5 Å². The second-order valence-electron chi connectivity index (χ2n) is 11.9. The van der Waals surface area contributed by atoms with Crippen molar-refractivity contribution < 1.29 is 18.8 Å². The Morgan fingerprint density at radius 1 is 1.18 bits per heavy atom. The number of fused-ring (bicyclic) bond motifs is 4. The fraction of sp³-hybridized carbons (Fsp3) is 0.438. The molecule has 2 aliphatic carbocycles. The molecule has 6 rings (SSSR count). The summed E-state index contributed by atoms with van der Waals surface area (Å²) < 4.78 is 22.4. The van der Waals surface area contributed by atoms with Gasteiger partial charge >= 0.3 is 0 Å². The van der Waals surface area contributed by atoms with Gasteiger partial charge in [-0.1, -0.05) is 36.4 Å². The minimum atomic E-state index is -3.06. The number of rotatable bonds is 0. The van der Waals surface area contributed by atoms with Crippen LogP contribution in [0.3, 0.4) is 0 Å². The molecule has 0 aromatic heterocycles. The standard InChI is InChI=1S/C32H37ClN2O4S/c1-21-6-3-4-8-29(36)26-12-9-24(26)18-35-19-32(15-5-7-22-16-25(33)11-13-27(22)32)20-39-30-14-10-23(17-28(30)35)31(37)34-40(21,2)38/h4,8,10-11,13-14,16-17,24,26,29,36H,1-3,5-7,9,12,15,18-20H2,(H,34,37,38)/b8-4+/t24-,26+,29-,32-,40?/m0/s1. The van der Waals surface area contributed by atoms with Gasteiger partial charge in [0.15, 0.2) is 0 Å². The maximum atomic E-state index is 13.3. The Labute approximate surface area is 242 Å². The van der Waals surface area contributed by atoms with Crippen molar-refractivity contribution in [1.82, 2.24) is 4.72 Å². The predicted octanol–water partition coefficient (Wildman–Crippen LogP) is 5.43. The van der Waals surface area contributed by atoms with Crippen LogP contribution in [-0.4, -0.2) is 46.9 Å². The molecule has 2 aromatic carbocycles. The summed E-state index contributed by atoms with van der Waals surface area (Å²) in [5.41, 5.74) is 3.58. The van der Waals surface area contributed by atoms with E-state index in [0.717, 1.165) is 61.7 Å². The monoisotopic (exact) mass is 580 g/mol. The molecular weight excluding hydrogens is 544 g/mol. The number of hydrogen-bond acceptors (Lipinski definition) is 5. The van der Waals surface area contributed by atoms with E-state index < -0.39 is 21.7 Å². The molecule has 2 bridgehead atoms. The van der Waals surface area contributed by atoms with E-state index in [0.29, 0.717) is 35.8 Å². The SMILES string of the molecule is C=C1CC/C=C/[C@H](O)[C@@H]2CC[C@H]2CN2C[C@@]3(CCCc4cc(Cl)ccc43)COc3ccc(cc32)C(=O)NS1(=C)=O. The Bertz CT molecular complexity index is 1490.